The van der Waals surface area contributed by atoms with E-state index in [4.69, 9.17) is 4.74 Å². The first-order chi connectivity index (χ1) is 5.62. The molecule has 0 rings (SSSR count). The van der Waals surface area contributed by atoms with Gasteiger partial charge >= 0.3 is 0 Å². The van der Waals surface area contributed by atoms with Crippen molar-refractivity contribution >= 4 is 0 Å². The molecule has 74 valence electrons. The van der Waals surface area contributed by atoms with Gasteiger partial charge < -0.3 is 9.47 Å². The number of ether oxygens (including phenoxy) is 2. The maximum absolute atomic E-state index is 12.7. The highest BCUT2D eigenvalue weighted by Crippen LogP contribution is 2.13. The average molecular weight is 182 g/mol. The van der Waals surface area contributed by atoms with Crippen LogP contribution >= 0.6 is 0 Å². The molecule has 0 aromatic rings. The molecule has 0 spiro atoms. The molecular formula is C8H16F2O2. The molecule has 0 fully saturated rings. The topological polar surface area (TPSA) is 18.5 Å². The van der Waals surface area contributed by atoms with Gasteiger partial charge in [0.2, 0.25) is 0 Å². The molecule has 0 bridgehead atoms. The van der Waals surface area contributed by atoms with Crippen LogP contribution < -0.4 is 0 Å². The van der Waals surface area contributed by atoms with Gasteiger partial charge in [0.25, 0.3) is 5.92 Å². The smallest absolute Gasteiger partial charge is 0.293 e. The third kappa shape index (κ3) is 6.49. The summed E-state index contributed by atoms with van der Waals surface area (Å²) in [5.74, 6) is -2.84. The fourth-order valence-electron chi connectivity index (χ4n) is 0.659. The van der Waals surface area contributed by atoms with Crippen LogP contribution in [0.5, 0.6) is 0 Å². The van der Waals surface area contributed by atoms with E-state index >= 15 is 0 Å². The van der Waals surface area contributed by atoms with Gasteiger partial charge in [-0.3, -0.25) is 0 Å². The van der Waals surface area contributed by atoms with E-state index in [1.54, 1.807) is 6.92 Å². The summed E-state index contributed by atoms with van der Waals surface area (Å²) in [5, 5.41) is 0. The number of halogens is 2. The quantitative estimate of drug-likeness (QED) is 0.561. The number of alkyl halides is 2. The molecule has 0 radical (unpaired) electrons. The van der Waals surface area contributed by atoms with Crippen molar-refractivity contribution in [3.63, 3.8) is 0 Å². The van der Waals surface area contributed by atoms with Crippen LogP contribution in [-0.2, 0) is 9.47 Å². The predicted octanol–water partition coefficient (Wildman–Crippen LogP) is 2.08. The molecule has 0 aliphatic carbocycles. The first kappa shape index (κ1) is 11.8. The van der Waals surface area contributed by atoms with Crippen molar-refractivity contribution in [1.29, 1.82) is 0 Å². The molecule has 0 aliphatic heterocycles. The Morgan fingerprint density at radius 1 is 1.08 bits per heavy atom. The lowest BCUT2D eigenvalue weighted by molar-refractivity contribution is -0.122. The summed E-state index contributed by atoms with van der Waals surface area (Å²) >= 11 is 0. The average Bonchev–Trinajstić information content (AvgIpc) is 2.01. The van der Waals surface area contributed by atoms with E-state index in [0.29, 0.717) is 13.2 Å². The van der Waals surface area contributed by atoms with Crippen LogP contribution in [0.1, 0.15) is 20.3 Å². The van der Waals surface area contributed by atoms with Gasteiger partial charge in [0.05, 0.1) is 0 Å². The second-order valence-corrected chi connectivity index (χ2v) is 2.55. The van der Waals surface area contributed by atoms with Crippen molar-refractivity contribution in [3.8, 4) is 0 Å². The van der Waals surface area contributed by atoms with E-state index in [2.05, 4.69) is 4.74 Å². The highest BCUT2D eigenvalue weighted by molar-refractivity contribution is 4.63. The first-order valence-electron chi connectivity index (χ1n) is 4.15. The zero-order valence-corrected chi connectivity index (χ0v) is 7.61. The second-order valence-electron chi connectivity index (χ2n) is 2.55. The molecule has 0 aliphatic rings. The SMILES string of the molecule is CCCOCC(F)(F)COCC. The molecule has 0 aromatic carbocycles. The minimum absolute atomic E-state index is 0.309. The molecule has 0 unspecified atom stereocenters. The van der Waals surface area contributed by atoms with Crippen molar-refractivity contribution in [2.24, 2.45) is 0 Å². The van der Waals surface area contributed by atoms with Gasteiger partial charge in [0, 0.05) is 13.2 Å². The van der Waals surface area contributed by atoms with Crippen molar-refractivity contribution in [2.45, 2.75) is 26.2 Å². The molecule has 2 nitrogen and oxygen atoms in total. The Morgan fingerprint density at radius 3 is 2.17 bits per heavy atom. The normalized spacial score (nSPS) is 12.0. The Balaban J connectivity index is 3.42. The Kier molecular flexibility index (Phi) is 6.20. The lowest BCUT2D eigenvalue weighted by Crippen LogP contribution is -2.30. The van der Waals surface area contributed by atoms with Gasteiger partial charge in [0.1, 0.15) is 13.2 Å². The van der Waals surface area contributed by atoms with Crippen molar-refractivity contribution in [1.82, 2.24) is 0 Å². The van der Waals surface area contributed by atoms with Crippen LogP contribution in [0, 0.1) is 0 Å². The summed E-state index contributed by atoms with van der Waals surface area (Å²) in [5.41, 5.74) is 0. The van der Waals surface area contributed by atoms with Crippen LogP contribution in [0.15, 0.2) is 0 Å². The number of hydrogen-bond acceptors (Lipinski definition) is 2. The van der Waals surface area contributed by atoms with Crippen molar-refractivity contribution < 1.29 is 18.3 Å². The lowest BCUT2D eigenvalue weighted by atomic mass is 10.4. The van der Waals surface area contributed by atoms with Gasteiger partial charge in [-0.25, -0.2) is 8.78 Å². The molecule has 0 saturated heterocycles. The van der Waals surface area contributed by atoms with Crippen LogP contribution in [0.2, 0.25) is 0 Å². The zero-order valence-electron chi connectivity index (χ0n) is 7.61. The summed E-state index contributed by atoms with van der Waals surface area (Å²) in [7, 11) is 0. The van der Waals surface area contributed by atoms with E-state index in [1.165, 1.54) is 0 Å². The van der Waals surface area contributed by atoms with Crippen molar-refractivity contribution in [3.05, 3.63) is 0 Å². The summed E-state index contributed by atoms with van der Waals surface area (Å²) < 4.78 is 34.7. The molecule has 0 N–H and O–H groups in total. The third-order valence-electron chi connectivity index (χ3n) is 1.18. The molecule has 4 heteroatoms. The molecular weight excluding hydrogens is 166 g/mol. The second kappa shape index (κ2) is 6.31. The Bertz CT molecular complexity index is 107. The summed E-state index contributed by atoms with van der Waals surface area (Å²) in [6.07, 6.45) is 0.755. The summed E-state index contributed by atoms with van der Waals surface area (Å²) in [6.45, 7) is 3.16. The zero-order chi connectivity index (χ0) is 9.45. The van der Waals surface area contributed by atoms with Crippen LogP contribution in [0.25, 0.3) is 0 Å². The molecule has 0 amide bonds. The Hall–Kier alpha value is -0.220. The fourth-order valence-corrected chi connectivity index (χ4v) is 0.659. The Labute approximate surface area is 71.9 Å². The van der Waals surface area contributed by atoms with E-state index in [9.17, 15) is 8.78 Å². The number of hydrogen-bond donors (Lipinski definition) is 0. The molecule has 0 saturated carbocycles. The van der Waals surface area contributed by atoms with E-state index < -0.39 is 19.1 Å². The minimum Gasteiger partial charge on any atom is -0.375 e. The maximum atomic E-state index is 12.7. The van der Waals surface area contributed by atoms with Gasteiger partial charge in [-0.1, -0.05) is 6.92 Å². The summed E-state index contributed by atoms with van der Waals surface area (Å²) in [6, 6.07) is 0. The van der Waals surface area contributed by atoms with Gasteiger partial charge in [-0.15, -0.1) is 0 Å². The van der Waals surface area contributed by atoms with Gasteiger partial charge in [0.15, 0.2) is 0 Å². The third-order valence-corrected chi connectivity index (χ3v) is 1.18. The van der Waals surface area contributed by atoms with E-state index in [1.807, 2.05) is 6.92 Å². The minimum atomic E-state index is -2.84. The van der Waals surface area contributed by atoms with Crippen LogP contribution in [-0.4, -0.2) is 32.4 Å². The molecule has 0 aromatic heterocycles. The highest BCUT2D eigenvalue weighted by atomic mass is 19.3. The monoisotopic (exact) mass is 182 g/mol. The highest BCUT2D eigenvalue weighted by Gasteiger charge is 2.29. The standard InChI is InChI=1S/C8H16F2O2/c1-3-5-12-7-8(9,10)6-11-4-2/h3-7H2,1-2H3. The van der Waals surface area contributed by atoms with E-state index in [0.717, 1.165) is 6.42 Å². The van der Waals surface area contributed by atoms with Crippen LogP contribution in [0.3, 0.4) is 0 Å². The summed E-state index contributed by atoms with van der Waals surface area (Å²) in [4.78, 5) is 0. The molecule has 0 atom stereocenters. The van der Waals surface area contributed by atoms with Gasteiger partial charge in [-0.2, -0.15) is 0 Å². The van der Waals surface area contributed by atoms with Crippen LogP contribution in [0.4, 0.5) is 8.78 Å². The predicted molar refractivity (Wildman–Crippen MR) is 42.6 cm³/mol. The lowest BCUT2D eigenvalue weighted by Gasteiger charge is -2.15. The molecule has 12 heavy (non-hydrogen) atoms. The largest absolute Gasteiger partial charge is 0.375 e. The first-order valence-corrected chi connectivity index (χ1v) is 4.15. The fraction of sp³-hybridized carbons (Fsp3) is 1.00. The number of rotatable bonds is 7. The van der Waals surface area contributed by atoms with Crippen molar-refractivity contribution in [2.75, 3.05) is 26.4 Å². The van der Waals surface area contributed by atoms with E-state index in [-0.39, 0.29) is 0 Å². The van der Waals surface area contributed by atoms with Gasteiger partial charge in [-0.05, 0) is 13.3 Å². The molecule has 0 heterocycles. The Morgan fingerprint density at radius 2 is 1.67 bits per heavy atom. The maximum Gasteiger partial charge on any atom is 0.293 e.